The van der Waals surface area contributed by atoms with Gasteiger partial charge >= 0.3 is 0 Å². The van der Waals surface area contributed by atoms with Crippen LogP contribution in [-0.2, 0) is 5.41 Å². The molecule has 3 aliphatic rings. The molecule has 62 heavy (non-hydrogen) atoms. The Kier molecular flexibility index (Phi) is 9.24. The first-order chi connectivity index (χ1) is 30.6. The lowest BCUT2D eigenvalue weighted by Crippen LogP contribution is -2.28. The Bertz CT molecular complexity index is 3140. The van der Waals surface area contributed by atoms with E-state index in [9.17, 15) is 0 Å². The summed E-state index contributed by atoms with van der Waals surface area (Å²) in [5.74, 6) is 2.08. The minimum Gasteiger partial charge on any atom is -0.208 e. The van der Waals surface area contributed by atoms with Gasteiger partial charge in [0.25, 0.3) is 0 Å². The van der Waals surface area contributed by atoms with Crippen LogP contribution in [0.1, 0.15) is 41.7 Å². The number of aromatic nitrogens is 3. The van der Waals surface area contributed by atoms with Crippen LogP contribution in [-0.4, -0.2) is 15.0 Å². The fourth-order valence-electron chi connectivity index (χ4n) is 10.00. The Labute approximate surface area is 363 Å². The second kappa shape index (κ2) is 15.4. The van der Waals surface area contributed by atoms with Crippen LogP contribution in [0.25, 0.3) is 67.6 Å². The largest absolute Gasteiger partial charge is 0.208 e. The average molecular weight is 794 g/mol. The number of allylic oxidation sites excluding steroid dienone is 10. The minimum atomic E-state index is -0.429. The maximum Gasteiger partial charge on any atom is 0.164 e. The maximum absolute atomic E-state index is 5.14. The monoisotopic (exact) mass is 793 g/mol. The molecule has 0 saturated heterocycles. The Morgan fingerprint density at radius 2 is 0.903 bits per heavy atom. The van der Waals surface area contributed by atoms with Gasteiger partial charge in [-0.3, -0.25) is 0 Å². The fourth-order valence-corrected chi connectivity index (χ4v) is 10.00. The summed E-state index contributed by atoms with van der Waals surface area (Å²) in [6, 6.07) is 64.7. The summed E-state index contributed by atoms with van der Waals surface area (Å²) in [5, 5.41) is 0. The molecule has 1 aromatic heterocycles. The first kappa shape index (κ1) is 37.3. The van der Waals surface area contributed by atoms with Crippen LogP contribution in [0.4, 0.5) is 0 Å². The second-order valence-corrected chi connectivity index (χ2v) is 16.2. The Morgan fingerprint density at radius 1 is 0.435 bits per heavy atom. The van der Waals surface area contributed by atoms with E-state index in [-0.39, 0.29) is 5.92 Å². The van der Waals surface area contributed by atoms with Crippen LogP contribution in [0.5, 0.6) is 0 Å². The highest BCUT2D eigenvalue weighted by Crippen LogP contribution is 2.65. The molecular weight excluding hydrogens is 751 g/mol. The van der Waals surface area contributed by atoms with E-state index in [1.54, 1.807) is 0 Å². The normalized spacial score (nSPS) is 17.6. The van der Waals surface area contributed by atoms with Crippen molar-refractivity contribution in [2.75, 3.05) is 0 Å². The third-order valence-electron chi connectivity index (χ3n) is 12.7. The predicted octanol–water partition coefficient (Wildman–Crippen LogP) is 14.4. The number of hydrogen-bond donors (Lipinski definition) is 0. The van der Waals surface area contributed by atoms with Crippen LogP contribution < -0.4 is 0 Å². The quantitative estimate of drug-likeness (QED) is 0.168. The van der Waals surface area contributed by atoms with Crippen LogP contribution in [0, 0.1) is 5.92 Å². The van der Waals surface area contributed by atoms with E-state index in [4.69, 9.17) is 15.0 Å². The van der Waals surface area contributed by atoms with Crippen LogP contribution in [0.2, 0.25) is 0 Å². The molecule has 3 nitrogen and oxygen atoms in total. The van der Waals surface area contributed by atoms with E-state index in [0.29, 0.717) is 17.5 Å². The molecule has 11 rings (SSSR count). The maximum atomic E-state index is 5.14. The van der Waals surface area contributed by atoms with Crippen molar-refractivity contribution in [3.05, 3.63) is 257 Å². The number of nitrogens with zero attached hydrogens (tertiary/aromatic N) is 3. The highest BCUT2D eigenvalue weighted by molar-refractivity contribution is 6.01. The number of fused-ring (bicyclic) bond motifs is 7. The Hall–Kier alpha value is -7.75. The molecule has 0 bridgehead atoms. The molecule has 0 radical (unpaired) electrons. The van der Waals surface area contributed by atoms with Gasteiger partial charge in [-0.2, -0.15) is 0 Å². The molecule has 294 valence electrons. The summed E-state index contributed by atoms with van der Waals surface area (Å²) >= 11 is 0. The number of hydrogen-bond acceptors (Lipinski definition) is 3. The van der Waals surface area contributed by atoms with E-state index in [1.165, 1.54) is 55.7 Å². The third-order valence-corrected chi connectivity index (χ3v) is 12.7. The molecule has 8 aromatic rings. The van der Waals surface area contributed by atoms with Gasteiger partial charge in [-0.1, -0.05) is 225 Å². The van der Waals surface area contributed by atoms with Gasteiger partial charge in [0, 0.05) is 22.6 Å². The number of benzene rings is 7. The zero-order valence-corrected chi connectivity index (χ0v) is 34.7. The van der Waals surface area contributed by atoms with Crippen LogP contribution >= 0.6 is 0 Å². The first-order valence-corrected chi connectivity index (χ1v) is 21.5. The Morgan fingerprint density at radius 3 is 1.50 bits per heavy atom. The van der Waals surface area contributed by atoms with E-state index in [2.05, 4.69) is 202 Å². The van der Waals surface area contributed by atoms with Gasteiger partial charge in [-0.05, 0) is 79.3 Å². The van der Waals surface area contributed by atoms with E-state index < -0.39 is 5.41 Å². The molecule has 1 unspecified atom stereocenters. The van der Waals surface area contributed by atoms with Gasteiger partial charge in [-0.25, -0.2) is 15.0 Å². The molecule has 0 fully saturated rings. The van der Waals surface area contributed by atoms with E-state index in [0.717, 1.165) is 33.4 Å². The smallest absolute Gasteiger partial charge is 0.164 e. The van der Waals surface area contributed by atoms with E-state index in [1.807, 2.05) is 30.3 Å². The Balaban J connectivity index is 1.00. The summed E-state index contributed by atoms with van der Waals surface area (Å²) < 4.78 is 0. The van der Waals surface area contributed by atoms with Crippen LogP contribution in [0.15, 0.2) is 230 Å². The molecule has 3 heteroatoms. The second-order valence-electron chi connectivity index (χ2n) is 16.2. The highest BCUT2D eigenvalue weighted by atomic mass is 15.0. The van der Waals surface area contributed by atoms with Crippen molar-refractivity contribution >= 4 is 11.1 Å². The standard InChI is InChI=1S/C59H43N3/c1-3-4-23-50-49-27-15-18-31-54(49)59(52-29-16-13-25-47(52)48-26-14-17-30-53(48)59)55(50)45-37-36-44(38-39(45)2)40-32-34-43(35-33-40)57-60-56(42-21-9-6-10-22-42)61-58(62-57)51-28-12-11-24-46(51)41-19-7-5-8-20-41/h3-39H,1-2H3/b4-3-,50-23-,55-45-. The third kappa shape index (κ3) is 6.00. The first-order valence-electron chi connectivity index (χ1n) is 21.5. The van der Waals surface area contributed by atoms with Crippen LogP contribution in [0.3, 0.4) is 0 Å². The van der Waals surface area contributed by atoms with Gasteiger partial charge in [0.15, 0.2) is 17.5 Å². The zero-order valence-electron chi connectivity index (χ0n) is 34.7. The minimum absolute atomic E-state index is 0.147. The fraction of sp³-hybridized carbons (Fsp3) is 0.0678. The SMILES string of the molecule is C\C=C/C=C1\C(=C2/C=CC(c3ccc(-c4nc(-c5ccccc5)nc(-c5ccccc5-c5ccccc5)n4)cc3)=CC2C)C2(c3ccccc31)c1ccccc1-c1ccccc12. The lowest BCUT2D eigenvalue weighted by molar-refractivity contribution is 0.758. The molecule has 0 aliphatic heterocycles. The molecular formula is C59H43N3. The predicted molar refractivity (Wildman–Crippen MR) is 256 cm³/mol. The van der Waals surface area contributed by atoms with Crippen molar-refractivity contribution in [2.45, 2.75) is 19.3 Å². The highest BCUT2D eigenvalue weighted by Gasteiger charge is 2.54. The van der Waals surface area contributed by atoms with Crippen molar-refractivity contribution in [1.82, 2.24) is 15.0 Å². The lowest BCUT2D eigenvalue weighted by Gasteiger charge is -2.34. The van der Waals surface area contributed by atoms with E-state index >= 15 is 0 Å². The van der Waals surface area contributed by atoms with Gasteiger partial charge in [0.2, 0.25) is 0 Å². The lowest BCUT2D eigenvalue weighted by atomic mass is 9.67. The molecule has 3 aliphatic carbocycles. The molecule has 0 amide bonds. The van der Waals surface area contributed by atoms with Crippen molar-refractivity contribution in [1.29, 1.82) is 0 Å². The molecule has 1 spiro atoms. The summed E-state index contributed by atoms with van der Waals surface area (Å²) in [4.78, 5) is 15.3. The van der Waals surface area contributed by atoms with Crippen molar-refractivity contribution < 1.29 is 0 Å². The molecule has 7 aromatic carbocycles. The van der Waals surface area contributed by atoms with Crippen molar-refractivity contribution in [2.24, 2.45) is 5.92 Å². The molecule has 1 atom stereocenters. The number of rotatable bonds is 6. The van der Waals surface area contributed by atoms with Gasteiger partial charge < -0.3 is 0 Å². The van der Waals surface area contributed by atoms with Gasteiger partial charge in [0.1, 0.15) is 0 Å². The molecule has 0 N–H and O–H groups in total. The van der Waals surface area contributed by atoms with Gasteiger partial charge in [0.05, 0.1) is 5.41 Å². The summed E-state index contributed by atoms with van der Waals surface area (Å²) in [6.07, 6.45) is 13.8. The summed E-state index contributed by atoms with van der Waals surface area (Å²) in [6.45, 7) is 4.44. The molecule has 0 saturated carbocycles. The zero-order chi connectivity index (χ0) is 41.6. The molecule has 1 heterocycles. The average Bonchev–Trinajstić information content (AvgIpc) is 3.80. The topological polar surface area (TPSA) is 38.7 Å². The van der Waals surface area contributed by atoms with Gasteiger partial charge in [-0.15, -0.1) is 0 Å². The summed E-state index contributed by atoms with van der Waals surface area (Å²) in [5.41, 5.74) is 18.9. The summed E-state index contributed by atoms with van der Waals surface area (Å²) in [7, 11) is 0. The van der Waals surface area contributed by atoms with Crippen molar-refractivity contribution in [3.63, 3.8) is 0 Å². The van der Waals surface area contributed by atoms with Crippen molar-refractivity contribution in [3.8, 4) is 56.4 Å².